The molecule has 0 saturated carbocycles. The van der Waals surface area contributed by atoms with E-state index in [2.05, 4.69) is 5.32 Å². The quantitative estimate of drug-likeness (QED) is 0.516. The van der Waals surface area contributed by atoms with Crippen molar-refractivity contribution in [1.29, 1.82) is 0 Å². The minimum atomic E-state index is -0.710. The van der Waals surface area contributed by atoms with Crippen LogP contribution in [0.15, 0.2) is 65.5 Å². The molecule has 0 spiro atoms. The molecular formula is C24H27N3O5. The van der Waals surface area contributed by atoms with Gasteiger partial charge in [-0.1, -0.05) is 49.7 Å². The third kappa shape index (κ3) is 5.26. The number of unbranched alkanes of at least 4 members (excludes halogenated alkanes) is 1. The maximum atomic E-state index is 13.5. The summed E-state index contributed by atoms with van der Waals surface area (Å²) in [6.45, 7) is 3.50. The van der Waals surface area contributed by atoms with Gasteiger partial charge in [0.05, 0.1) is 23.5 Å². The van der Waals surface area contributed by atoms with E-state index in [-0.39, 0.29) is 24.6 Å². The standard InChI is InChI=1S/C24H27N3O5/c1-3-5-16-20-22(29)26(18-12-8-6-9-13-18)27(19-14-10-7-11-15-19)23(20)32-21(28)17-25-24(30)31-4-2/h6-15H,3-5,16-17H2,1-2H3,(H,25,30). The number of ether oxygens (including phenoxy) is 2. The van der Waals surface area contributed by atoms with E-state index in [1.54, 1.807) is 11.6 Å². The van der Waals surface area contributed by atoms with Gasteiger partial charge in [-0.15, -0.1) is 0 Å². The van der Waals surface area contributed by atoms with Gasteiger partial charge in [0.25, 0.3) is 5.56 Å². The summed E-state index contributed by atoms with van der Waals surface area (Å²) in [6, 6.07) is 18.4. The van der Waals surface area contributed by atoms with Gasteiger partial charge in [0.1, 0.15) is 6.54 Å². The molecule has 0 fully saturated rings. The van der Waals surface area contributed by atoms with Crippen LogP contribution in [0.3, 0.4) is 0 Å². The number of nitrogens with zero attached hydrogens (tertiary/aromatic N) is 2. The van der Waals surface area contributed by atoms with E-state index in [1.165, 1.54) is 4.68 Å². The van der Waals surface area contributed by atoms with Gasteiger partial charge in [0.2, 0.25) is 5.88 Å². The highest BCUT2D eigenvalue weighted by Crippen LogP contribution is 2.26. The Hall–Kier alpha value is -3.81. The monoisotopic (exact) mass is 437 g/mol. The molecule has 0 atom stereocenters. The first kappa shape index (κ1) is 22.9. The van der Waals surface area contributed by atoms with Crippen molar-refractivity contribution in [3.8, 4) is 17.3 Å². The van der Waals surface area contributed by atoms with Crippen LogP contribution in [-0.2, 0) is 16.0 Å². The highest BCUT2D eigenvalue weighted by Gasteiger charge is 2.25. The highest BCUT2D eigenvalue weighted by molar-refractivity contribution is 5.79. The number of hydrogen-bond acceptors (Lipinski definition) is 5. The number of alkyl carbamates (subject to hydrolysis) is 1. The Morgan fingerprint density at radius 1 is 0.906 bits per heavy atom. The number of rotatable bonds is 9. The summed E-state index contributed by atoms with van der Waals surface area (Å²) >= 11 is 0. The maximum absolute atomic E-state index is 13.5. The lowest BCUT2D eigenvalue weighted by atomic mass is 10.1. The van der Waals surface area contributed by atoms with Crippen LogP contribution in [0, 0.1) is 0 Å². The Balaban J connectivity index is 2.10. The minimum Gasteiger partial charge on any atom is -0.450 e. The molecule has 168 valence electrons. The van der Waals surface area contributed by atoms with Gasteiger partial charge in [-0.25, -0.2) is 19.0 Å². The molecule has 8 heteroatoms. The van der Waals surface area contributed by atoms with Crippen molar-refractivity contribution in [3.63, 3.8) is 0 Å². The van der Waals surface area contributed by atoms with Crippen LogP contribution < -0.4 is 15.6 Å². The van der Waals surface area contributed by atoms with Gasteiger partial charge in [-0.3, -0.25) is 4.79 Å². The normalized spacial score (nSPS) is 10.6. The van der Waals surface area contributed by atoms with Crippen molar-refractivity contribution in [2.45, 2.75) is 33.1 Å². The van der Waals surface area contributed by atoms with Crippen molar-refractivity contribution in [3.05, 3.63) is 76.6 Å². The molecule has 0 unspecified atom stereocenters. The Labute approximate surface area is 186 Å². The number of amides is 1. The molecule has 1 amide bonds. The van der Waals surface area contributed by atoms with E-state index in [4.69, 9.17) is 9.47 Å². The van der Waals surface area contributed by atoms with Crippen molar-refractivity contribution in [2.24, 2.45) is 0 Å². The number of carbonyl (C=O) groups is 2. The SMILES string of the molecule is CCCCc1c(OC(=O)CNC(=O)OCC)n(-c2ccccc2)n(-c2ccccc2)c1=O. The summed E-state index contributed by atoms with van der Waals surface area (Å²) in [5.41, 5.74) is 1.46. The Kier molecular flexibility index (Phi) is 7.85. The van der Waals surface area contributed by atoms with Gasteiger partial charge in [-0.2, -0.15) is 0 Å². The predicted octanol–water partition coefficient (Wildman–Crippen LogP) is 3.62. The van der Waals surface area contributed by atoms with Crippen molar-refractivity contribution < 1.29 is 19.1 Å². The average molecular weight is 437 g/mol. The molecule has 1 N–H and O–H groups in total. The number of aromatic nitrogens is 2. The van der Waals surface area contributed by atoms with Crippen LogP contribution in [0.5, 0.6) is 5.88 Å². The van der Waals surface area contributed by atoms with Crippen LogP contribution in [0.2, 0.25) is 0 Å². The van der Waals surface area contributed by atoms with Crippen molar-refractivity contribution >= 4 is 12.1 Å². The van der Waals surface area contributed by atoms with Crippen molar-refractivity contribution in [2.75, 3.05) is 13.2 Å². The van der Waals surface area contributed by atoms with E-state index >= 15 is 0 Å². The molecular weight excluding hydrogens is 410 g/mol. The van der Waals surface area contributed by atoms with Gasteiger partial charge < -0.3 is 14.8 Å². The molecule has 0 bridgehead atoms. The molecule has 0 aliphatic rings. The summed E-state index contributed by atoms with van der Waals surface area (Å²) in [4.78, 5) is 37.6. The number of esters is 1. The van der Waals surface area contributed by atoms with Gasteiger partial charge in [0, 0.05) is 0 Å². The molecule has 3 aromatic rings. The first-order valence-corrected chi connectivity index (χ1v) is 10.7. The lowest BCUT2D eigenvalue weighted by molar-refractivity contribution is -0.133. The maximum Gasteiger partial charge on any atom is 0.407 e. The second kappa shape index (κ2) is 11.0. The number of carbonyl (C=O) groups excluding carboxylic acids is 2. The van der Waals surface area contributed by atoms with Crippen LogP contribution in [0.25, 0.3) is 11.4 Å². The lowest BCUT2D eigenvalue weighted by Crippen LogP contribution is -2.32. The van der Waals surface area contributed by atoms with Crippen LogP contribution >= 0.6 is 0 Å². The van der Waals surface area contributed by atoms with Crippen LogP contribution in [0.1, 0.15) is 32.3 Å². The lowest BCUT2D eigenvalue weighted by Gasteiger charge is -2.15. The molecule has 1 heterocycles. The molecule has 1 aromatic heterocycles. The minimum absolute atomic E-state index is 0.147. The highest BCUT2D eigenvalue weighted by atomic mass is 16.6. The second-order valence-corrected chi connectivity index (χ2v) is 7.04. The largest absolute Gasteiger partial charge is 0.450 e. The summed E-state index contributed by atoms with van der Waals surface area (Å²) in [5.74, 6) is -0.556. The molecule has 0 radical (unpaired) electrons. The topological polar surface area (TPSA) is 91.6 Å². The second-order valence-electron chi connectivity index (χ2n) is 7.04. The summed E-state index contributed by atoms with van der Waals surface area (Å²) in [7, 11) is 0. The summed E-state index contributed by atoms with van der Waals surface area (Å²) in [6.07, 6.45) is 1.38. The fourth-order valence-electron chi connectivity index (χ4n) is 3.28. The van der Waals surface area contributed by atoms with Gasteiger partial charge in [-0.05, 0) is 44.0 Å². The average Bonchev–Trinajstić information content (AvgIpc) is 3.08. The third-order valence-corrected chi connectivity index (χ3v) is 4.75. The predicted molar refractivity (Wildman–Crippen MR) is 121 cm³/mol. The van der Waals surface area contributed by atoms with E-state index in [1.807, 2.05) is 67.6 Å². The zero-order chi connectivity index (χ0) is 22.9. The third-order valence-electron chi connectivity index (χ3n) is 4.75. The molecule has 32 heavy (non-hydrogen) atoms. The first-order chi connectivity index (χ1) is 15.6. The van der Waals surface area contributed by atoms with E-state index < -0.39 is 12.1 Å². The van der Waals surface area contributed by atoms with Crippen LogP contribution in [0.4, 0.5) is 4.79 Å². The summed E-state index contributed by atoms with van der Waals surface area (Å²) in [5, 5.41) is 2.35. The van der Waals surface area contributed by atoms with Crippen molar-refractivity contribution in [1.82, 2.24) is 14.7 Å². The zero-order valence-electron chi connectivity index (χ0n) is 18.2. The fourth-order valence-corrected chi connectivity index (χ4v) is 3.28. The fraction of sp³-hybridized carbons (Fsp3) is 0.292. The Morgan fingerprint density at radius 2 is 1.50 bits per heavy atom. The number of para-hydroxylation sites is 2. The van der Waals surface area contributed by atoms with Crippen LogP contribution in [-0.4, -0.2) is 34.6 Å². The molecule has 2 aromatic carbocycles. The molecule has 3 rings (SSSR count). The summed E-state index contributed by atoms with van der Waals surface area (Å²) < 4.78 is 13.6. The van der Waals surface area contributed by atoms with E-state index in [0.717, 1.165) is 12.8 Å². The molecule has 0 aliphatic heterocycles. The number of benzene rings is 2. The number of nitrogens with one attached hydrogen (secondary N) is 1. The molecule has 0 aliphatic carbocycles. The van der Waals surface area contributed by atoms with E-state index in [0.29, 0.717) is 23.4 Å². The number of hydrogen-bond donors (Lipinski definition) is 1. The molecule has 8 nitrogen and oxygen atoms in total. The first-order valence-electron chi connectivity index (χ1n) is 10.7. The smallest absolute Gasteiger partial charge is 0.407 e. The van der Waals surface area contributed by atoms with E-state index in [9.17, 15) is 14.4 Å². The zero-order valence-corrected chi connectivity index (χ0v) is 18.2. The molecule has 0 saturated heterocycles. The Bertz CT molecular complexity index is 1100. The van der Waals surface area contributed by atoms with Gasteiger partial charge >= 0.3 is 12.1 Å². The van der Waals surface area contributed by atoms with Gasteiger partial charge in [0.15, 0.2) is 0 Å². The Morgan fingerprint density at radius 3 is 2.06 bits per heavy atom.